The van der Waals surface area contributed by atoms with Crippen molar-refractivity contribution in [1.82, 2.24) is 0 Å². The molecule has 0 saturated heterocycles. The molecule has 0 spiro atoms. The third kappa shape index (κ3) is 2.14. The lowest BCUT2D eigenvalue weighted by atomic mass is 10.1. The molecule has 2 N–H and O–H groups in total. The number of rotatable bonds is 2. The van der Waals surface area contributed by atoms with Crippen molar-refractivity contribution >= 4 is 11.6 Å². The zero-order chi connectivity index (χ0) is 10.0. The molecule has 0 aliphatic heterocycles. The van der Waals surface area contributed by atoms with Gasteiger partial charge in [0, 0.05) is 16.6 Å². The van der Waals surface area contributed by atoms with Crippen molar-refractivity contribution in [2.24, 2.45) is 5.73 Å². The highest BCUT2D eigenvalue weighted by atomic mass is 35.5. The number of halogens is 1. The molecule has 72 valence electrons. The van der Waals surface area contributed by atoms with E-state index in [-0.39, 0.29) is 6.04 Å². The number of ether oxygens (including phenoxy) is 1. The van der Waals surface area contributed by atoms with Crippen molar-refractivity contribution in [3.8, 4) is 5.75 Å². The lowest BCUT2D eigenvalue weighted by molar-refractivity contribution is 0.406. The number of hydrogen-bond donors (Lipinski definition) is 1. The maximum absolute atomic E-state index is 5.98. The zero-order valence-corrected chi connectivity index (χ0v) is 8.85. The summed E-state index contributed by atoms with van der Waals surface area (Å²) in [5.41, 5.74) is 7.72. The Morgan fingerprint density at radius 1 is 1.46 bits per heavy atom. The number of aryl methyl sites for hydroxylation is 1. The Balaban J connectivity index is 3.25. The first-order valence-electron chi connectivity index (χ1n) is 4.16. The summed E-state index contributed by atoms with van der Waals surface area (Å²) in [6.45, 7) is 3.85. The van der Waals surface area contributed by atoms with Gasteiger partial charge in [0.05, 0.1) is 7.11 Å². The van der Waals surface area contributed by atoms with Gasteiger partial charge in [-0.2, -0.15) is 0 Å². The fourth-order valence-electron chi connectivity index (χ4n) is 1.20. The summed E-state index contributed by atoms with van der Waals surface area (Å²) in [5.74, 6) is 0.803. The SMILES string of the molecule is COc1cc(C)c(Cl)cc1[C@@H](C)N. The molecule has 0 aliphatic rings. The van der Waals surface area contributed by atoms with Gasteiger partial charge >= 0.3 is 0 Å². The molecule has 0 fully saturated rings. The van der Waals surface area contributed by atoms with E-state index in [0.29, 0.717) is 0 Å². The molecule has 1 atom stereocenters. The van der Waals surface area contributed by atoms with Gasteiger partial charge in [-0.15, -0.1) is 0 Å². The average molecular weight is 200 g/mol. The summed E-state index contributed by atoms with van der Waals surface area (Å²) in [6, 6.07) is 3.70. The predicted octanol–water partition coefficient (Wildman–Crippen LogP) is 2.68. The van der Waals surface area contributed by atoms with Crippen LogP contribution in [-0.2, 0) is 0 Å². The highest BCUT2D eigenvalue weighted by Gasteiger charge is 2.09. The highest BCUT2D eigenvalue weighted by Crippen LogP contribution is 2.29. The van der Waals surface area contributed by atoms with Gasteiger partial charge in [-0.25, -0.2) is 0 Å². The van der Waals surface area contributed by atoms with Gasteiger partial charge in [-0.05, 0) is 31.5 Å². The van der Waals surface area contributed by atoms with E-state index in [0.717, 1.165) is 21.9 Å². The first-order valence-corrected chi connectivity index (χ1v) is 4.53. The van der Waals surface area contributed by atoms with Gasteiger partial charge < -0.3 is 10.5 Å². The topological polar surface area (TPSA) is 35.2 Å². The first-order chi connectivity index (χ1) is 6.06. The summed E-state index contributed by atoms with van der Waals surface area (Å²) < 4.78 is 5.20. The van der Waals surface area contributed by atoms with Crippen LogP contribution in [0.2, 0.25) is 5.02 Å². The third-order valence-corrected chi connectivity index (χ3v) is 2.41. The van der Waals surface area contributed by atoms with Crippen molar-refractivity contribution in [1.29, 1.82) is 0 Å². The van der Waals surface area contributed by atoms with Crippen molar-refractivity contribution in [3.63, 3.8) is 0 Å². The minimum atomic E-state index is -0.0620. The van der Waals surface area contributed by atoms with Crippen LogP contribution in [0.3, 0.4) is 0 Å². The Kier molecular flexibility index (Phi) is 3.17. The van der Waals surface area contributed by atoms with Gasteiger partial charge in [-0.1, -0.05) is 11.6 Å². The molecule has 0 heterocycles. The first kappa shape index (κ1) is 10.4. The monoisotopic (exact) mass is 199 g/mol. The molecule has 0 bridgehead atoms. The quantitative estimate of drug-likeness (QED) is 0.795. The lowest BCUT2D eigenvalue weighted by Crippen LogP contribution is -2.07. The maximum Gasteiger partial charge on any atom is 0.123 e. The molecule has 0 aliphatic carbocycles. The molecule has 2 nitrogen and oxygen atoms in total. The molecule has 0 radical (unpaired) electrons. The van der Waals surface area contributed by atoms with Crippen molar-refractivity contribution in [2.45, 2.75) is 19.9 Å². The molecule has 1 aromatic carbocycles. The van der Waals surface area contributed by atoms with Crippen LogP contribution in [0.25, 0.3) is 0 Å². The smallest absolute Gasteiger partial charge is 0.123 e. The standard InChI is InChI=1S/C10H14ClNO/c1-6-4-10(13-3)8(7(2)12)5-9(6)11/h4-5,7H,12H2,1-3H3/t7-/m1/s1. The van der Waals surface area contributed by atoms with E-state index < -0.39 is 0 Å². The maximum atomic E-state index is 5.98. The second-order valence-corrected chi connectivity index (χ2v) is 3.54. The van der Waals surface area contributed by atoms with Crippen LogP contribution in [-0.4, -0.2) is 7.11 Å². The normalized spacial score (nSPS) is 12.7. The van der Waals surface area contributed by atoms with E-state index in [1.165, 1.54) is 0 Å². The molecule has 1 aromatic rings. The summed E-state index contributed by atoms with van der Waals surface area (Å²) in [4.78, 5) is 0. The van der Waals surface area contributed by atoms with Crippen LogP contribution < -0.4 is 10.5 Å². The molecule has 0 saturated carbocycles. The van der Waals surface area contributed by atoms with Crippen LogP contribution in [0.1, 0.15) is 24.1 Å². The Morgan fingerprint density at radius 3 is 2.54 bits per heavy atom. The van der Waals surface area contributed by atoms with Crippen LogP contribution in [0.4, 0.5) is 0 Å². The Labute approximate surface area is 83.6 Å². The average Bonchev–Trinajstić information content (AvgIpc) is 2.08. The van der Waals surface area contributed by atoms with Gasteiger partial charge in [0.25, 0.3) is 0 Å². The zero-order valence-electron chi connectivity index (χ0n) is 8.10. The molecule has 13 heavy (non-hydrogen) atoms. The van der Waals surface area contributed by atoms with Gasteiger partial charge in [0.2, 0.25) is 0 Å². The molecule has 0 aromatic heterocycles. The van der Waals surface area contributed by atoms with Crippen LogP contribution >= 0.6 is 11.6 Å². The molecule has 1 rings (SSSR count). The Hall–Kier alpha value is -0.730. The van der Waals surface area contributed by atoms with E-state index >= 15 is 0 Å². The van der Waals surface area contributed by atoms with E-state index in [4.69, 9.17) is 22.1 Å². The van der Waals surface area contributed by atoms with E-state index in [1.807, 2.05) is 26.0 Å². The minimum absolute atomic E-state index is 0.0620. The summed E-state index contributed by atoms with van der Waals surface area (Å²) in [5, 5.41) is 0.730. The highest BCUT2D eigenvalue weighted by molar-refractivity contribution is 6.31. The number of hydrogen-bond acceptors (Lipinski definition) is 2. The largest absolute Gasteiger partial charge is 0.496 e. The van der Waals surface area contributed by atoms with Gasteiger partial charge in [0.15, 0.2) is 0 Å². The van der Waals surface area contributed by atoms with Gasteiger partial charge in [-0.3, -0.25) is 0 Å². The Bertz CT molecular complexity index is 310. The van der Waals surface area contributed by atoms with E-state index in [1.54, 1.807) is 7.11 Å². The molecule has 0 amide bonds. The molecular formula is C10H14ClNO. The molecule has 0 unspecified atom stereocenters. The number of nitrogens with two attached hydrogens (primary N) is 1. The summed E-state index contributed by atoms with van der Waals surface area (Å²) in [6.07, 6.45) is 0. The summed E-state index contributed by atoms with van der Waals surface area (Å²) >= 11 is 5.98. The van der Waals surface area contributed by atoms with Crippen molar-refractivity contribution in [3.05, 3.63) is 28.3 Å². The minimum Gasteiger partial charge on any atom is -0.496 e. The Morgan fingerprint density at radius 2 is 2.08 bits per heavy atom. The lowest BCUT2D eigenvalue weighted by Gasteiger charge is -2.13. The fourth-order valence-corrected chi connectivity index (χ4v) is 1.38. The van der Waals surface area contributed by atoms with E-state index in [2.05, 4.69) is 0 Å². The van der Waals surface area contributed by atoms with Crippen LogP contribution in [0.5, 0.6) is 5.75 Å². The van der Waals surface area contributed by atoms with Crippen LogP contribution in [0.15, 0.2) is 12.1 Å². The number of methoxy groups -OCH3 is 1. The molecule has 3 heteroatoms. The number of benzene rings is 1. The van der Waals surface area contributed by atoms with E-state index in [9.17, 15) is 0 Å². The predicted molar refractivity (Wildman–Crippen MR) is 55.3 cm³/mol. The third-order valence-electron chi connectivity index (χ3n) is 2.00. The summed E-state index contributed by atoms with van der Waals surface area (Å²) in [7, 11) is 1.63. The second kappa shape index (κ2) is 3.99. The van der Waals surface area contributed by atoms with Crippen LogP contribution in [0, 0.1) is 6.92 Å². The van der Waals surface area contributed by atoms with Gasteiger partial charge in [0.1, 0.15) is 5.75 Å². The molecular weight excluding hydrogens is 186 g/mol. The van der Waals surface area contributed by atoms with Crippen molar-refractivity contribution in [2.75, 3.05) is 7.11 Å². The fraction of sp³-hybridized carbons (Fsp3) is 0.400. The van der Waals surface area contributed by atoms with Crippen molar-refractivity contribution < 1.29 is 4.74 Å². The second-order valence-electron chi connectivity index (χ2n) is 3.13.